The lowest BCUT2D eigenvalue weighted by Gasteiger charge is -2.12. The van der Waals surface area contributed by atoms with E-state index in [1.165, 1.54) is 12.1 Å². The summed E-state index contributed by atoms with van der Waals surface area (Å²) in [6.07, 6.45) is -1.56. The van der Waals surface area contributed by atoms with Crippen LogP contribution in [0.4, 0.5) is 8.78 Å². The number of alkyl halides is 1. The van der Waals surface area contributed by atoms with E-state index in [4.69, 9.17) is 20.8 Å². The third-order valence-electron chi connectivity index (χ3n) is 3.52. The zero-order valence-electron chi connectivity index (χ0n) is 12.3. The molecule has 1 amide bonds. The van der Waals surface area contributed by atoms with Crippen molar-refractivity contribution >= 4 is 17.5 Å². The fourth-order valence-corrected chi connectivity index (χ4v) is 2.44. The van der Waals surface area contributed by atoms with E-state index in [1.807, 2.05) is 0 Å². The minimum atomic E-state index is -1.48. The van der Waals surface area contributed by atoms with Crippen molar-refractivity contribution in [1.82, 2.24) is 9.88 Å². The molecule has 1 N–H and O–H groups in total. The van der Waals surface area contributed by atoms with Crippen molar-refractivity contribution in [2.75, 3.05) is 13.1 Å². The molecular weight excluding hydrogens is 346 g/mol. The van der Waals surface area contributed by atoms with Gasteiger partial charge in [0.15, 0.2) is 23.9 Å². The molecule has 0 radical (unpaired) electrons. The van der Waals surface area contributed by atoms with Gasteiger partial charge in [0.1, 0.15) is 18.5 Å². The van der Waals surface area contributed by atoms with E-state index in [1.54, 1.807) is 0 Å². The van der Waals surface area contributed by atoms with Gasteiger partial charge in [-0.1, -0.05) is 11.6 Å². The van der Waals surface area contributed by atoms with Gasteiger partial charge in [0.25, 0.3) is 5.91 Å². The number of aliphatic hydroxyl groups is 1. The van der Waals surface area contributed by atoms with E-state index in [-0.39, 0.29) is 42.1 Å². The van der Waals surface area contributed by atoms with Crippen LogP contribution in [0.15, 0.2) is 28.9 Å². The van der Waals surface area contributed by atoms with Crippen LogP contribution in [-0.4, -0.2) is 46.3 Å². The van der Waals surface area contributed by atoms with Gasteiger partial charge in [0, 0.05) is 5.02 Å². The number of aromatic nitrogens is 1. The summed E-state index contributed by atoms with van der Waals surface area (Å²) >= 11 is 5.64. The van der Waals surface area contributed by atoms with Gasteiger partial charge in [-0.15, -0.1) is 0 Å². The zero-order valence-corrected chi connectivity index (χ0v) is 13.0. The predicted molar refractivity (Wildman–Crippen MR) is 79.1 cm³/mol. The Hall–Kier alpha value is -2.19. The minimum absolute atomic E-state index is 0.0339. The Morgan fingerprint density at radius 3 is 2.96 bits per heavy atom. The highest BCUT2D eigenvalue weighted by Gasteiger charge is 2.35. The second-order valence-electron chi connectivity index (χ2n) is 5.28. The monoisotopic (exact) mass is 358 g/mol. The summed E-state index contributed by atoms with van der Waals surface area (Å²) in [5, 5.41) is 9.59. The molecule has 1 saturated heterocycles. The molecule has 9 heteroatoms. The SMILES string of the molecule is O=C(c1coc(COc2ccc(Cl)cc2F)n1)N1C[C@@H](O)[C@H](F)C1. The number of likely N-dealkylation sites (tertiary alicyclic amines) is 1. The van der Waals surface area contributed by atoms with E-state index in [0.29, 0.717) is 0 Å². The summed E-state index contributed by atoms with van der Waals surface area (Å²) in [5.74, 6) is -1.16. The number of amides is 1. The molecule has 1 fully saturated rings. The molecule has 2 atom stereocenters. The highest BCUT2D eigenvalue weighted by molar-refractivity contribution is 6.30. The molecule has 0 saturated carbocycles. The van der Waals surface area contributed by atoms with Crippen LogP contribution >= 0.6 is 11.6 Å². The zero-order chi connectivity index (χ0) is 17.3. The topological polar surface area (TPSA) is 75.8 Å². The van der Waals surface area contributed by atoms with E-state index in [0.717, 1.165) is 17.2 Å². The van der Waals surface area contributed by atoms with Crippen molar-refractivity contribution in [2.45, 2.75) is 18.9 Å². The minimum Gasteiger partial charge on any atom is -0.481 e. The molecule has 0 bridgehead atoms. The molecule has 2 heterocycles. The molecule has 2 aromatic rings. The Labute approximate surface area is 140 Å². The number of oxazole rings is 1. The molecule has 24 heavy (non-hydrogen) atoms. The van der Waals surface area contributed by atoms with Gasteiger partial charge in [-0.3, -0.25) is 4.79 Å². The van der Waals surface area contributed by atoms with E-state index in [9.17, 15) is 18.7 Å². The lowest BCUT2D eigenvalue weighted by molar-refractivity contribution is 0.0758. The van der Waals surface area contributed by atoms with Crippen molar-refractivity contribution in [1.29, 1.82) is 0 Å². The second-order valence-corrected chi connectivity index (χ2v) is 5.72. The van der Waals surface area contributed by atoms with Crippen LogP contribution in [0, 0.1) is 5.82 Å². The average Bonchev–Trinajstić information content (AvgIpc) is 3.13. The molecule has 0 aliphatic carbocycles. The molecule has 1 aromatic carbocycles. The Morgan fingerprint density at radius 2 is 2.29 bits per heavy atom. The first-order chi connectivity index (χ1) is 11.4. The highest BCUT2D eigenvalue weighted by Crippen LogP contribution is 2.22. The van der Waals surface area contributed by atoms with Crippen LogP contribution in [0.2, 0.25) is 5.02 Å². The number of aliphatic hydroxyl groups excluding tert-OH is 1. The highest BCUT2D eigenvalue weighted by atomic mass is 35.5. The lowest BCUT2D eigenvalue weighted by Crippen LogP contribution is -2.29. The van der Waals surface area contributed by atoms with Gasteiger partial charge in [-0.2, -0.15) is 0 Å². The number of nitrogens with zero attached hydrogens (tertiary/aromatic N) is 2. The van der Waals surface area contributed by atoms with Crippen LogP contribution in [-0.2, 0) is 6.61 Å². The molecule has 1 aliphatic heterocycles. The molecule has 3 rings (SSSR count). The molecule has 1 aliphatic rings. The van der Waals surface area contributed by atoms with Crippen molar-refractivity contribution in [3.8, 4) is 5.75 Å². The first-order valence-corrected chi connectivity index (χ1v) is 7.45. The molecular formula is C15H13ClF2N2O4. The largest absolute Gasteiger partial charge is 0.481 e. The Morgan fingerprint density at radius 1 is 1.50 bits per heavy atom. The number of rotatable bonds is 4. The molecule has 0 unspecified atom stereocenters. The van der Waals surface area contributed by atoms with Crippen molar-refractivity contribution < 1.29 is 27.8 Å². The summed E-state index contributed by atoms with van der Waals surface area (Å²) in [6, 6.07) is 3.93. The number of hydrogen-bond acceptors (Lipinski definition) is 5. The Kier molecular flexibility index (Phi) is 4.68. The first-order valence-electron chi connectivity index (χ1n) is 7.07. The number of β-amino-alcohol motifs (C(OH)–C–C–N with tert-alkyl or cyclic N) is 1. The van der Waals surface area contributed by atoms with Gasteiger partial charge in [0.05, 0.1) is 13.1 Å². The maximum atomic E-state index is 13.6. The predicted octanol–water partition coefficient (Wildman–Crippen LogP) is 2.20. The average molecular weight is 359 g/mol. The molecule has 1 aromatic heterocycles. The third-order valence-corrected chi connectivity index (χ3v) is 3.76. The van der Waals surface area contributed by atoms with Gasteiger partial charge in [0.2, 0.25) is 5.89 Å². The van der Waals surface area contributed by atoms with Gasteiger partial charge in [-0.25, -0.2) is 13.8 Å². The Balaban J connectivity index is 1.62. The lowest BCUT2D eigenvalue weighted by atomic mass is 10.3. The van der Waals surface area contributed by atoms with Crippen molar-refractivity contribution in [2.24, 2.45) is 0 Å². The molecule has 128 valence electrons. The van der Waals surface area contributed by atoms with Gasteiger partial charge in [-0.05, 0) is 18.2 Å². The summed E-state index contributed by atoms with van der Waals surface area (Å²) in [5.41, 5.74) is -0.0357. The van der Waals surface area contributed by atoms with Gasteiger partial charge >= 0.3 is 0 Å². The fourth-order valence-electron chi connectivity index (χ4n) is 2.28. The number of hydrogen-bond donors (Lipinski definition) is 1. The first kappa shape index (κ1) is 16.7. The molecule has 0 spiro atoms. The fraction of sp³-hybridized carbons (Fsp3) is 0.333. The van der Waals surface area contributed by atoms with Crippen LogP contribution in [0.5, 0.6) is 5.75 Å². The van der Waals surface area contributed by atoms with Crippen LogP contribution in [0.1, 0.15) is 16.4 Å². The normalized spacial score (nSPS) is 20.4. The number of halogens is 3. The van der Waals surface area contributed by atoms with Crippen molar-refractivity contribution in [3.05, 3.63) is 46.9 Å². The van der Waals surface area contributed by atoms with E-state index in [2.05, 4.69) is 4.98 Å². The van der Waals surface area contributed by atoms with E-state index < -0.39 is 24.0 Å². The third kappa shape index (κ3) is 3.49. The maximum Gasteiger partial charge on any atom is 0.276 e. The van der Waals surface area contributed by atoms with Crippen LogP contribution < -0.4 is 4.74 Å². The summed E-state index contributed by atoms with van der Waals surface area (Å²) in [4.78, 5) is 17.2. The second kappa shape index (κ2) is 6.74. The number of ether oxygens (including phenoxy) is 1. The summed E-state index contributed by atoms with van der Waals surface area (Å²) < 4.78 is 37.2. The quantitative estimate of drug-likeness (QED) is 0.906. The van der Waals surface area contributed by atoms with Gasteiger partial charge < -0.3 is 19.2 Å². The maximum absolute atomic E-state index is 13.6. The van der Waals surface area contributed by atoms with Crippen LogP contribution in [0.3, 0.4) is 0 Å². The number of carbonyl (C=O) groups excluding carboxylic acids is 1. The van der Waals surface area contributed by atoms with Crippen LogP contribution in [0.25, 0.3) is 0 Å². The Bertz CT molecular complexity index is 745. The number of carbonyl (C=O) groups is 1. The van der Waals surface area contributed by atoms with Crippen molar-refractivity contribution in [3.63, 3.8) is 0 Å². The van der Waals surface area contributed by atoms with E-state index >= 15 is 0 Å². The summed E-state index contributed by atoms with van der Waals surface area (Å²) in [7, 11) is 0. The number of benzene rings is 1. The smallest absolute Gasteiger partial charge is 0.276 e. The standard InChI is InChI=1S/C15H13ClF2N2O4/c16-8-1-2-13(9(17)3-8)23-7-14-19-11(6-24-14)15(22)20-4-10(18)12(21)5-20/h1-3,6,10,12,21H,4-5,7H2/t10-,12-/m1/s1. The summed E-state index contributed by atoms with van der Waals surface area (Å²) in [6.45, 7) is -0.496. The molecule has 6 nitrogen and oxygen atoms in total.